The summed E-state index contributed by atoms with van der Waals surface area (Å²) in [6.45, 7) is 3.65. The fraction of sp³-hybridized carbons (Fsp3) is 0.250. The van der Waals surface area contributed by atoms with E-state index in [1.165, 1.54) is 4.90 Å². The fourth-order valence-corrected chi connectivity index (χ4v) is 3.04. The second kappa shape index (κ2) is 7.49. The number of H-pyrrole nitrogens is 1. The lowest BCUT2D eigenvalue weighted by molar-refractivity contribution is -0.147. The molecule has 1 aromatic carbocycles. The number of ether oxygens (including phenoxy) is 1. The summed E-state index contributed by atoms with van der Waals surface area (Å²) in [7, 11) is 0. The number of carboxylic acids is 1. The van der Waals surface area contributed by atoms with Crippen molar-refractivity contribution >= 4 is 35.2 Å². The molecule has 1 aliphatic heterocycles. The summed E-state index contributed by atoms with van der Waals surface area (Å²) < 4.78 is 5.10. The second-order valence-electron chi connectivity index (χ2n) is 6.40. The van der Waals surface area contributed by atoms with Crippen LogP contribution >= 0.6 is 0 Å². The molecule has 1 aromatic heterocycles. The molecule has 1 amide bonds. The molecular formula is C20H20N2O5. The maximum absolute atomic E-state index is 12.9. The summed E-state index contributed by atoms with van der Waals surface area (Å²) in [6.07, 6.45) is 1.26. The lowest BCUT2D eigenvalue weighted by atomic mass is 10.1. The van der Waals surface area contributed by atoms with E-state index in [2.05, 4.69) is 4.98 Å². The maximum atomic E-state index is 12.9. The molecule has 0 spiro atoms. The Morgan fingerprint density at radius 3 is 2.63 bits per heavy atom. The number of carboxylic acid groups (broad SMARTS) is 1. The zero-order valence-electron chi connectivity index (χ0n) is 15.1. The van der Waals surface area contributed by atoms with Gasteiger partial charge in [-0.05, 0) is 37.6 Å². The van der Waals surface area contributed by atoms with Crippen molar-refractivity contribution in [2.24, 2.45) is 0 Å². The van der Waals surface area contributed by atoms with Gasteiger partial charge in [-0.25, -0.2) is 0 Å². The first-order valence-electron chi connectivity index (χ1n) is 8.53. The summed E-state index contributed by atoms with van der Waals surface area (Å²) in [5.41, 5.74) is 4.81. The summed E-state index contributed by atoms with van der Waals surface area (Å²) in [5, 5.41) is 8.63. The quantitative estimate of drug-likeness (QED) is 0.603. The molecule has 2 aromatic rings. The van der Waals surface area contributed by atoms with Gasteiger partial charge in [-0.15, -0.1) is 0 Å². The number of amides is 1. The molecule has 27 heavy (non-hydrogen) atoms. The van der Waals surface area contributed by atoms with Crippen LogP contribution in [0.25, 0.3) is 11.6 Å². The van der Waals surface area contributed by atoms with Gasteiger partial charge in [-0.1, -0.05) is 18.2 Å². The van der Waals surface area contributed by atoms with E-state index in [9.17, 15) is 14.4 Å². The largest absolute Gasteiger partial charge is 0.481 e. The molecule has 2 N–H and O–H groups in total. The van der Waals surface area contributed by atoms with Gasteiger partial charge < -0.3 is 14.8 Å². The Morgan fingerprint density at radius 2 is 1.96 bits per heavy atom. The Hall–Kier alpha value is -3.35. The number of aromatic amines is 1. The summed E-state index contributed by atoms with van der Waals surface area (Å²) in [4.78, 5) is 39.8. The van der Waals surface area contributed by atoms with Crippen molar-refractivity contribution in [2.75, 3.05) is 11.6 Å². The van der Waals surface area contributed by atoms with Crippen molar-refractivity contribution < 1.29 is 24.2 Å². The van der Waals surface area contributed by atoms with Gasteiger partial charge in [0.2, 0.25) is 0 Å². The molecule has 0 radical (unpaired) electrons. The van der Waals surface area contributed by atoms with E-state index in [0.29, 0.717) is 11.3 Å². The van der Waals surface area contributed by atoms with Crippen LogP contribution in [0.5, 0.6) is 0 Å². The number of nitrogens with zero attached hydrogens (tertiary/aromatic N) is 1. The smallest absolute Gasteiger partial charge is 0.308 e. The van der Waals surface area contributed by atoms with Crippen molar-refractivity contribution in [1.29, 1.82) is 0 Å². The third-order valence-corrected chi connectivity index (χ3v) is 4.34. The number of para-hydroxylation sites is 1. The highest BCUT2D eigenvalue weighted by molar-refractivity contribution is 6.35. The molecule has 0 unspecified atom stereocenters. The van der Waals surface area contributed by atoms with Crippen molar-refractivity contribution in [1.82, 2.24) is 4.98 Å². The number of fused-ring (bicyclic) bond motifs is 1. The Bertz CT molecular complexity index is 942. The highest BCUT2D eigenvalue weighted by Crippen LogP contribution is 2.37. The number of rotatable bonds is 6. The van der Waals surface area contributed by atoms with Crippen molar-refractivity contribution in [2.45, 2.75) is 26.7 Å². The number of carbonyl (C=O) groups excluding carboxylic acids is 2. The molecule has 1 aliphatic rings. The monoisotopic (exact) mass is 368 g/mol. The number of nitrogens with one attached hydrogen (secondary N) is 1. The number of benzene rings is 1. The molecule has 3 rings (SSSR count). The first-order chi connectivity index (χ1) is 12.9. The zero-order chi connectivity index (χ0) is 19.6. The molecule has 7 nitrogen and oxygen atoms in total. The number of aromatic nitrogens is 1. The summed E-state index contributed by atoms with van der Waals surface area (Å²) in [6, 6.07) is 9.27. The first kappa shape index (κ1) is 18.4. The molecular weight excluding hydrogens is 348 g/mol. The summed E-state index contributed by atoms with van der Waals surface area (Å²) in [5.74, 6) is -2.00. The Balaban J connectivity index is 1.83. The van der Waals surface area contributed by atoms with Crippen LogP contribution in [0, 0.1) is 13.8 Å². The molecule has 0 saturated heterocycles. The third-order valence-electron chi connectivity index (χ3n) is 4.34. The van der Waals surface area contributed by atoms with E-state index in [-0.39, 0.29) is 25.5 Å². The average molecular weight is 368 g/mol. The van der Waals surface area contributed by atoms with Gasteiger partial charge in [0.15, 0.2) is 6.73 Å². The normalized spacial score (nSPS) is 14.5. The van der Waals surface area contributed by atoms with E-state index in [1.54, 1.807) is 18.2 Å². The topological polar surface area (TPSA) is 99.7 Å². The van der Waals surface area contributed by atoms with Gasteiger partial charge >= 0.3 is 11.9 Å². The van der Waals surface area contributed by atoms with Crippen LogP contribution in [0.15, 0.2) is 30.3 Å². The number of hydrogen-bond donors (Lipinski definition) is 2. The molecule has 0 saturated carbocycles. The van der Waals surface area contributed by atoms with E-state index >= 15 is 0 Å². The van der Waals surface area contributed by atoms with Gasteiger partial charge in [0.05, 0.1) is 24.1 Å². The van der Waals surface area contributed by atoms with E-state index in [1.807, 2.05) is 32.0 Å². The van der Waals surface area contributed by atoms with Crippen molar-refractivity contribution in [3.05, 3.63) is 52.8 Å². The molecule has 2 heterocycles. The van der Waals surface area contributed by atoms with Crippen LogP contribution in [-0.4, -0.2) is 34.7 Å². The van der Waals surface area contributed by atoms with Crippen LogP contribution in [-0.2, 0) is 19.1 Å². The van der Waals surface area contributed by atoms with Crippen LogP contribution in [0.2, 0.25) is 0 Å². The fourth-order valence-electron chi connectivity index (χ4n) is 3.04. The zero-order valence-corrected chi connectivity index (χ0v) is 15.1. The van der Waals surface area contributed by atoms with E-state index in [4.69, 9.17) is 9.84 Å². The predicted molar refractivity (Wildman–Crippen MR) is 99.9 cm³/mol. The van der Waals surface area contributed by atoms with Crippen LogP contribution in [0.1, 0.15) is 35.4 Å². The van der Waals surface area contributed by atoms with Gasteiger partial charge in [0.25, 0.3) is 5.91 Å². The number of aryl methyl sites for hydroxylation is 2. The lowest BCUT2D eigenvalue weighted by Crippen LogP contribution is -2.30. The van der Waals surface area contributed by atoms with Crippen molar-refractivity contribution in [3.8, 4) is 0 Å². The minimum atomic E-state index is -1.07. The van der Waals surface area contributed by atoms with Crippen LogP contribution in [0.3, 0.4) is 0 Å². The summed E-state index contributed by atoms with van der Waals surface area (Å²) >= 11 is 0. The van der Waals surface area contributed by atoms with Gasteiger partial charge in [0.1, 0.15) is 0 Å². The van der Waals surface area contributed by atoms with Gasteiger partial charge in [-0.3, -0.25) is 19.3 Å². The second-order valence-corrected chi connectivity index (χ2v) is 6.40. The van der Waals surface area contributed by atoms with Crippen LogP contribution < -0.4 is 4.90 Å². The average Bonchev–Trinajstić information content (AvgIpc) is 3.08. The number of esters is 1. The van der Waals surface area contributed by atoms with E-state index in [0.717, 1.165) is 22.5 Å². The number of aliphatic carboxylic acids is 1. The maximum Gasteiger partial charge on any atom is 0.308 e. The first-order valence-corrected chi connectivity index (χ1v) is 8.53. The highest BCUT2D eigenvalue weighted by Gasteiger charge is 2.33. The number of hydrogen-bond acceptors (Lipinski definition) is 4. The minimum Gasteiger partial charge on any atom is -0.481 e. The minimum absolute atomic E-state index is 0.233. The molecule has 0 fully saturated rings. The molecule has 0 bridgehead atoms. The SMILES string of the molecule is Cc1cc(C)c(/C=C2\C(=O)N(COC(=O)CCC(=O)O)c3ccccc32)[nH]1. The van der Waals surface area contributed by atoms with Crippen LogP contribution in [0.4, 0.5) is 5.69 Å². The molecule has 140 valence electrons. The molecule has 7 heteroatoms. The standard InChI is InChI=1S/C20H20N2O5/c1-12-9-13(2)21-16(12)10-15-14-5-3-4-6-17(14)22(20(15)26)11-27-19(25)8-7-18(23)24/h3-6,9-10,21H,7-8,11H2,1-2H3,(H,23,24)/b15-10-. The van der Waals surface area contributed by atoms with Gasteiger partial charge in [0, 0.05) is 17.0 Å². The number of carbonyl (C=O) groups is 3. The Kier molecular flexibility index (Phi) is 5.12. The predicted octanol–water partition coefficient (Wildman–Crippen LogP) is 2.88. The lowest BCUT2D eigenvalue weighted by Gasteiger charge is -2.16. The molecule has 0 atom stereocenters. The third kappa shape index (κ3) is 3.92. The Morgan fingerprint density at radius 1 is 1.22 bits per heavy atom. The highest BCUT2D eigenvalue weighted by atomic mass is 16.5. The van der Waals surface area contributed by atoms with E-state index < -0.39 is 11.9 Å². The Labute approximate surface area is 156 Å². The molecule has 0 aliphatic carbocycles. The van der Waals surface area contributed by atoms with Crippen molar-refractivity contribution in [3.63, 3.8) is 0 Å². The van der Waals surface area contributed by atoms with Gasteiger partial charge in [-0.2, -0.15) is 0 Å². The number of anilines is 1.